The van der Waals surface area contributed by atoms with Crippen LogP contribution in [0.5, 0.6) is 11.5 Å². The lowest BCUT2D eigenvalue weighted by Crippen LogP contribution is -2.52. The van der Waals surface area contributed by atoms with Gasteiger partial charge in [0.05, 0.1) is 23.4 Å². The number of nitrogens with zero attached hydrogens (tertiary/aromatic N) is 4. The van der Waals surface area contributed by atoms with E-state index in [1.54, 1.807) is 34.8 Å². The normalized spacial score (nSPS) is 18.5. The average Bonchev–Trinajstić information content (AvgIpc) is 3.61. The van der Waals surface area contributed by atoms with Gasteiger partial charge in [0.1, 0.15) is 24.2 Å². The average molecular weight is 778 g/mol. The van der Waals surface area contributed by atoms with E-state index in [9.17, 15) is 24.6 Å². The summed E-state index contributed by atoms with van der Waals surface area (Å²) in [5.41, 5.74) is 3.35. The number of aromatic amines is 1. The zero-order chi connectivity index (χ0) is 39.9. The topological polar surface area (TPSA) is 174 Å². The molecule has 0 radical (unpaired) electrons. The van der Waals surface area contributed by atoms with E-state index in [-0.39, 0.29) is 42.0 Å². The third-order valence-electron chi connectivity index (χ3n) is 11.1. The molecule has 2 bridgehead atoms. The van der Waals surface area contributed by atoms with Gasteiger partial charge in [0.2, 0.25) is 5.56 Å². The van der Waals surface area contributed by atoms with E-state index in [1.807, 2.05) is 61.5 Å². The number of piperidine rings is 3. The lowest BCUT2D eigenvalue weighted by atomic mass is 9.86. The van der Waals surface area contributed by atoms with E-state index in [1.165, 1.54) is 12.1 Å². The molecule has 3 aliphatic rings. The Kier molecular flexibility index (Phi) is 12.5. The maximum absolute atomic E-state index is 13.5. The summed E-state index contributed by atoms with van der Waals surface area (Å²) in [6.07, 6.45) is 1.36. The summed E-state index contributed by atoms with van der Waals surface area (Å²) in [6.45, 7) is 6.81. The van der Waals surface area contributed by atoms with Crippen LogP contribution in [-0.4, -0.2) is 98.7 Å². The van der Waals surface area contributed by atoms with Crippen LogP contribution in [0.4, 0.5) is 4.79 Å². The predicted octanol–water partition coefficient (Wildman–Crippen LogP) is 4.63. The van der Waals surface area contributed by atoms with Crippen molar-refractivity contribution in [1.29, 1.82) is 0 Å². The number of aromatic hydroxyl groups is 1. The van der Waals surface area contributed by atoms with Gasteiger partial charge in [0, 0.05) is 44.7 Å². The number of phenolic OH excluding ortho intramolecular Hbond substituents is 1. The number of aromatic nitrogens is 3. The number of aliphatic hydroxyl groups is 1. The van der Waals surface area contributed by atoms with Gasteiger partial charge < -0.3 is 40.2 Å². The lowest BCUT2D eigenvalue weighted by Gasteiger charge is -2.43. The molecule has 2 aromatic heterocycles. The molecule has 3 unspecified atom stereocenters. The molecule has 3 fully saturated rings. The molecule has 3 saturated heterocycles. The summed E-state index contributed by atoms with van der Waals surface area (Å²) in [4.78, 5) is 45.2. The SMILES string of the molecule is CCN(CCCNCC(O)c1ccc(O)c2[nH]c(=O)ccc12)C(=O)c1cc(COc2cccc(C(NC(=O)OC3CN4CCC3CC4)c3ccccc3)c2)n(C)n1. The minimum atomic E-state index is -0.870. The van der Waals surface area contributed by atoms with E-state index < -0.39 is 18.2 Å². The fourth-order valence-electron chi connectivity index (χ4n) is 7.88. The number of amides is 2. The van der Waals surface area contributed by atoms with Gasteiger partial charge in [0.15, 0.2) is 5.69 Å². The monoisotopic (exact) mass is 777 g/mol. The second-order valence-corrected chi connectivity index (χ2v) is 14.8. The molecule has 5 N–H and O–H groups in total. The van der Waals surface area contributed by atoms with E-state index in [0.717, 1.165) is 49.3 Å². The molecule has 3 atom stereocenters. The van der Waals surface area contributed by atoms with Crippen molar-refractivity contribution in [1.82, 2.24) is 35.2 Å². The number of ether oxygens (including phenoxy) is 2. The van der Waals surface area contributed by atoms with Crippen LogP contribution in [0.3, 0.4) is 0 Å². The molecule has 3 aromatic carbocycles. The fourth-order valence-corrected chi connectivity index (χ4v) is 7.88. The van der Waals surface area contributed by atoms with Crippen LogP contribution in [0, 0.1) is 5.92 Å². The van der Waals surface area contributed by atoms with Crippen molar-refractivity contribution in [3.05, 3.63) is 123 Å². The number of alkyl carbamates (subject to hydrolysis) is 1. The number of carbonyl (C=O) groups excluding carboxylic acids is 2. The molecule has 5 heterocycles. The minimum absolute atomic E-state index is 0.0604. The van der Waals surface area contributed by atoms with Crippen molar-refractivity contribution in [3.8, 4) is 11.5 Å². The zero-order valence-electron chi connectivity index (χ0n) is 32.4. The van der Waals surface area contributed by atoms with Crippen LogP contribution in [0.2, 0.25) is 0 Å². The molecule has 8 rings (SSSR count). The number of aryl methyl sites for hydroxylation is 1. The highest BCUT2D eigenvalue weighted by Gasteiger charge is 2.37. The number of aliphatic hydroxyl groups excluding tert-OH is 1. The second-order valence-electron chi connectivity index (χ2n) is 14.8. The first-order valence-electron chi connectivity index (χ1n) is 19.7. The highest BCUT2D eigenvalue weighted by molar-refractivity contribution is 5.92. The molecule has 5 aromatic rings. The third kappa shape index (κ3) is 9.47. The van der Waals surface area contributed by atoms with Crippen molar-refractivity contribution >= 4 is 22.9 Å². The van der Waals surface area contributed by atoms with Crippen molar-refractivity contribution in [2.45, 2.75) is 51.0 Å². The lowest BCUT2D eigenvalue weighted by molar-refractivity contribution is -0.0336. The summed E-state index contributed by atoms with van der Waals surface area (Å²) in [5.74, 6) is 0.769. The number of rotatable bonds is 16. The molecule has 0 aliphatic carbocycles. The standard InChI is InChI=1S/C43H51N7O7/c1-3-50(20-8-19-44-25-37(52)33-13-15-36(51)41-34(33)14-16-39(53)45-41)42(54)35-24-31(48(2)47-35)27-56-32-12-7-11-30(23-32)40(29-9-5-4-6-10-29)46-43(55)57-38-26-49-21-17-28(38)18-22-49/h4-7,9-16,23-24,28,37-38,40,44,51-52H,3,8,17-22,25-27H2,1-2H3,(H,45,53)(H,46,55). The largest absolute Gasteiger partial charge is 0.506 e. The smallest absolute Gasteiger partial charge is 0.408 e. The molecule has 2 amide bonds. The first-order valence-corrected chi connectivity index (χ1v) is 19.7. The Balaban J connectivity index is 0.920. The second kappa shape index (κ2) is 18.0. The van der Waals surface area contributed by atoms with E-state index in [4.69, 9.17) is 9.47 Å². The van der Waals surface area contributed by atoms with Gasteiger partial charge in [-0.05, 0) is 98.8 Å². The van der Waals surface area contributed by atoms with Crippen molar-refractivity contribution in [2.75, 3.05) is 45.8 Å². The molecular formula is C43H51N7O7. The van der Waals surface area contributed by atoms with Gasteiger partial charge in [-0.25, -0.2) is 4.79 Å². The van der Waals surface area contributed by atoms with Gasteiger partial charge >= 0.3 is 6.09 Å². The van der Waals surface area contributed by atoms with Crippen LogP contribution >= 0.6 is 0 Å². The van der Waals surface area contributed by atoms with Crippen LogP contribution in [0.25, 0.3) is 10.9 Å². The number of hydrogen-bond donors (Lipinski definition) is 5. The van der Waals surface area contributed by atoms with E-state index >= 15 is 0 Å². The van der Waals surface area contributed by atoms with Gasteiger partial charge in [-0.3, -0.25) is 19.2 Å². The van der Waals surface area contributed by atoms with Gasteiger partial charge in [0.25, 0.3) is 5.91 Å². The number of carbonyl (C=O) groups is 2. The number of phenols is 1. The summed E-state index contributed by atoms with van der Waals surface area (Å²) in [5, 5.41) is 32.4. The quantitative estimate of drug-likeness (QED) is 0.0890. The Morgan fingerprint density at radius 1 is 1.02 bits per heavy atom. The molecule has 300 valence electrons. The molecule has 3 aliphatic heterocycles. The van der Waals surface area contributed by atoms with Crippen LogP contribution < -0.4 is 20.9 Å². The first kappa shape index (κ1) is 39.5. The van der Waals surface area contributed by atoms with Gasteiger partial charge in [-0.15, -0.1) is 0 Å². The van der Waals surface area contributed by atoms with Gasteiger partial charge in [-0.2, -0.15) is 5.10 Å². The van der Waals surface area contributed by atoms with Gasteiger partial charge in [-0.1, -0.05) is 48.5 Å². The number of H-pyrrole nitrogens is 1. The van der Waals surface area contributed by atoms with Crippen LogP contribution in [-0.2, 0) is 18.4 Å². The Morgan fingerprint density at radius 2 is 1.81 bits per heavy atom. The Hall–Kier alpha value is -5.70. The first-order chi connectivity index (χ1) is 27.7. The number of pyridine rings is 1. The zero-order valence-corrected chi connectivity index (χ0v) is 32.4. The number of nitrogens with one attached hydrogen (secondary N) is 3. The molecule has 0 spiro atoms. The third-order valence-corrected chi connectivity index (χ3v) is 11.1. The number of hydrogen-bond acceptors (Lipinski definition) is 10. The van der Waals surface area contributed by atoms with E-state index in [0.29, 0.717) is 54.4 Å². The molecule has 57 heavy (non-hydrogen) atoms. The summed E-state index contributed by atoms with van der Waals surface area (Å²) in [7, 11) is 1.78. The van der Waals surface area contributed by atoms with Crippen molar-refractivity contribution in [2.24, 2.45) is 13.0 Å². The Morgan fingerprint density at radius 3 is 2.56 bits per heavy atom. The summed E-state index contributed by atoms with van der Waals surface area (Å²) >= 11 is 0. The van der Waals surface area contributed by atoms with Crippen molar-refractivity contribution in [3.63, 3.8) is 0 Å². The van der Waals surface area contributed by atoms with Crippen LogP contribution in [0.15, 0.2) is 89.7 Å². The number of fused-ring (bicyclic) bond motifs is 4. The molecule has 0 saturated carbocycles. The molecule has 14 heteroatoms. The summed E-state index contributed by atoms with van der Waals surface area (Å²) < 4.78 is 13.9. The Labute approximate surface area is 331 Å². The highest BCUT2D eigenvalue weighted by atomic mass is 16.6. The maximum atomic E-state index is 13.5. The maximum Gasteiger partial charge on any atom is 0.408 e. The Bertz CT molecular complexity index is 2220. The van der Waals surface area contributed by atoms with Crippen LogP contribution in [0.1, 0.15) is 71.2 Å². The minimum Gasteiger partial charge on any atom is -0.506 e. The van der Waals surface area contributed by atoms with E-state index in [2.05, 4.69) is 25.6 Å². The molecule has 14 nitrogen and oxygen atoms in total. The fraction of sp³-hybridized carbons (Fsp3) is 0.395. The van der Waals surface area contributed by atoms with Crippen molar-refractivity contribution < 1.29 is 29.3 Å². The predicted molar refractivity (Wildman–Crippen MR) is 215 cm³/mol. The highest BCUT2D eigenvalue weighted by Crippen LogP contribution is 2.31. The number of benzene rings is 3. The molecular weight excluding hydrogens is 727 g/mol. The summed E-state index contributed by atoms with van der Waals surface area (Å²) in [6, 6.07) is 24.8.